The van der Waals surface area contributed by atoms with Crippen molar-refractivity contribution < 1.29 is 14.7 Å². The van der Waals surface area contributed by atoms with Gasteiger partial charge in [0.05, 0.1) is 5.41 Å². The summed E-state index contributed by atoms with van der Waals surface area (Å²) in [6, 6.07) is 0. The van der Waals surface area contributed by atoms with E-state index in [0.29, 0.717) is 17.6 Å². The third-order valence-corrected chi connectivity index (χ3v) is 8.46. The van der Waals surface area contributed by atoms with Gasteiger partial charge in [-0.2, -0.15) is 0 Å². The number of carbonyl (C=O) groups is 2. The number of allylic oxidation sites excluding steroid dienone is 1. The number of hydrogen-bond acceptors (Lipinski definition) is 2. The van der Waals surface area contributed by atoms with Crippen LogP contribution in [0.15, 0.2) is 12.2 Å². The van der Waals surface area contributed by atoms with E-state index < -0.39 is 11.4 Å². The second kappa shape index (κ2) is 4.49. The summed E-state index contributed by atoms with van der Waals surface area (Å²) in [5.74, 6) is 0.645. The Hall–Kier alpha value is -1.12. The third kappa shape index (κ3) is 1.66. The van der Waals surface area contributed by atoms with E-state index in [0.717, 1.165) is 56.9 Å². The van der Waals surface area contributed by atoms with Crippen molar-refractivity contribution in [2.45, 2.75) is 65.2 Å². The highest BCUT2D eigenvalue weighted by Gasteiger charge is 2.67. The summed E-state index contributed by atoms with van der Waals surface area (Å²) in [5, 5.41) is 9.89. The van der Waals surface area contributed by atoms with Gasteiger partial charge in [0, 0.05) is 5.41 Å². The van der Waals surface area contributed by atoms with Crippen LogP contribution in [-0.4, -0.2) is 16.9 Å². The van der Waals surface area contributed by atoms with Crippen molar-refractivity contribution in [3.8, 4) is 0 Å². The van der Waals surface area contributed by atoms with E-state index in [4.69, 9.17) is 0 Å². The number of rotatable bonds is 1. The van der Waals surface area contributed by atoms with Gasteiger partial charge in [0.15, 0.2) is 5.78 Å². The Bertz CT molecular complexity index is 608. The Morgan fingerprint density at radius 2 is 1.87 bits per heavy atom. The van der Waals surface area contributed by atoms with E-state index in [1.165, 1.54) is 0 Å². The Morgan fingerprint density at radius 1 is 1.13 bits per heavy atom. The maximum Gasteiger partial charge on any atom is 0.309 e. The van der Waals surface area contributed by atoms with Gasteiger partial charge in [0.25, 0.3) is 0 Å². The Labute approximate surface area is 138 Å². The third-order valence-electron chi connectivity index (χ3n) is 8.46. The first-order valence-electron chi connectivity index (χ1n) is 9.23. The first-order chi connectivity index (χ1) is 10.8. The second-order valence-electron chi connectivity index (χ2n) is 9.21. The lowest BCUT2D eigenvalue weighted by Gasteiger charge is -2.62. The van der Waals surface area contributed by atoms with E-state index in [2.05, 4.69) is 13.5 Å². The van der Waals surface area contributed by atoms with Gasteiger partial charge in [0.1, 0.15) is 0 Å². The van der Waals surface area contributed by atoms with Crippen molar-refractivity contribution in [2.24, 2.45) is 34.0 Å². The number of carboxylic acids is 1. The lowest BCUT2D eigenvalue weighted by Crippen LogP contribution is -2.59. The van der Waals surface area contributed by atoms with E-state index in [9.17, 15) is 14.7 Å². The average molecular weight is 316 g/mol. The molecule has 1 N–H and O–H groups in total. The van der Waals surface area contributed by atoms with Crippen LogP contribution in [0.3, 0.4) is 0 Å². The van der Waals surface area contributed by atoms with E-state index in [-0.39, 0.29) is 16.7 Å². The van der Waals surface area contributed by atoms with Crippen LogP contribution in [0, 0.1) is 34.0 Å². The topological polar surface area (TPSA) is 54.4 Å². The lowest BCUT2D eigenvalue weighted by atomic mass is 9.41. The van der Waals surface area contributed by atoms with Gasteiger partial charge in [-0.25, -0.2) is 0 Å². The molecule has 4 saturated carbocycles. The van der Waals surface area contributed by atoms with Gasteiger partial charge in [-0.05, 0) is 80.6 Å². The molecule has 0 amide bonds. The van der Waals surface area contributed by atoms with Gasteiger partial charge < -0.3 is 5.11 Å². The molecule has 0 aromatic carbocycles. The van der Waals surface area contributed by atoms with Crippen LogP contribution in [0.25, 0.3) is 0 Å². The van der Waals surface area contributed by atoms with Crippen LogP contribution < -0.4 is 0 Å². The van der Waals surface area contributed by atoms with Crippen molar-refractivity contribution in [1.29, 1.82) is 0 Å². The van der Waals surface area contributed by atoms with E-state index in [1.54, 1.807) is 0 Å². The molecule has 4 unspecified atom stereocenters. The fourth-order valence-corrected chi connectivity index (χ4v) is 7.37. The molecule has 4 aliphatic rings. The quantitative estimate of drug-likeness (QED) is 0.737. The first-order valence-corrected chi connectivity index (χ1v) is 9.23. The van der Waals surface area contributed by atoms with Crippen LogP contribution in [0.5, 0.6) is 0 Å². The lowest BCUT2D eigenvalue weighted by molar-refractivity contribution is -0.182. The summed E-state index contributed by atoms with van der Waals surface area (Å²) < 4.78 is 0. The van der Waals surface area contributed by atoms with E-state index in [1.807, 2.05) is 6.92 Å². The summed E-state index contributed by atoms with van der Waals surface area (Å²) >= 11 is 0. The zero-order valence-electron chi connectivity index (χ0n) is 14.4. The molecule has 4 aliphatic carbocycles. The number of aliphatic carboxylic acids is 1. The molecule has 0 saturated heterocycles. The van der Waals surface area contributed by atoms with Crippen molar-refractivity contribution in [1.82, 2.24) is 0 Å². The summed E-state index contributed by atoms with van der Waals surface area (Å²) in [5.41, 5.74) is 0.0347. The molecule has 2 bridgehead atoms. The standard InChI is InChI=1S/C20H28O3/c1-12-13-5-6-15-18(2)8-4-9-19(3,17(22)23)14(18)7-10-20(15,11-13)16(12)21/h13-15H,1,4-11H2,2-3H3,(H,22,23)/t13?,14-,15?,18?,19-,20?/m0/s1. The second-order valence-corrected chi connectivity index (χ2v) is 9.21. The molecule has 0 aromatic heterocycles. The van der Waals surface area contributed by atoms with Crippen molar-refractivity contribution in [3.05, 3.63) is 12.2 Å². The average Bonchev–Trinajstić information content (AvgIpc) is 2.68. The molecule has 0 heterocycles. The highest BCUT2D eigenvalue weighted by atomic mass is 16.4. The highest BCUT2D eigenvalue weighted by Crippen LogP contribution is 2.71. The minimum absolute atomic E-state index is 0.00507. The van der Waals surface area contributed by atoms with Gasteiger partial charge >= 0.3 is 5.97 Å². The van der Waals surface area contributed by atoms with Gasteiger partial charge in [-0.1, -0.05) is 19.9 Å². The summed E-state index contributed by atoms with van der Waals surface area (Å²) in [6.07, 6.45) is 7.75. The smallest absolute Gasteiger partial charge is 0.309 e. The normalized spacial score (nSPS) is 52.0. The molecular weight excluding hydrogens is 288 g/mol. The van der Waals surface area contributed by atoms with Gasteiger partial charge in [0.2, 0.25) is 0 Å². The fourth-order valence-electron chi connectivity index (χ4n) is 7.37. The highest BCUT2D eigenvalue weighted by molar-refractivity contribution is 6.03. The molecule has 3 heteroatoms. The number of fused-ring (bicyclic) bond motifs is 3. The number of Topliss-reactive ketones (excluding diaryl/α,β-unsaturated/α-hetero) is 1. The zero-order valence-corrected chi connectivity index (χ0v) is 14.4. The predicted molar refractivity (Wildman–Crippen MR) is 87.8 cm³/mol. The molecule has 0 radical (unpaired) electrons. The molecular formula is C20H28O3. The maximum atomic E-state index is 13.0. The summed E-state index contributed by atoms with van der Waals surface area (Å²) in [4.78, 5) is 25.1. The molecule has 4 rings (SSSR count). The molecule has 3 nitrogen and oxygen atoms in total. The Morgan fingerprint density at radius 3 is 2.57 bits per heavy atom. The minimum Gasteiger partial charge on any atom is -0.481 e. The molecule has 23 heavy (non-hydrogen) atoms. The predicted octanol–water partition coefficient (Wildman–Crippen LogP) is 4.22. The van der Waals surface area contributed by atoms with Crippen molar-refractivity contribution in [3.63, 3.8) is 0 Å². The number of carboxylic acid groups (broad SMARTS) is 1. The maximum absolute atomic E-state index is 13.0. The monoisotopic (exact) mass is 316 g/mol. The van der Waals surface area contributed by atoms with Crippen molar-refractivity contribution >= 4 is 11.8 Å². The summed E-state index contributed by atoms with van der Waals surface area (Å²) in [7, 11) is 0. The molecule has 0 aliphatic heterocycles. The molecule has 4 fully saturated rings. The zero-order chi connectivity index (χ0) is 16.6. The minimum atomic E-state index is -0.639. The molecule has 1 spiro atoms. The summed E-state index contributed by atoms with van der Waals surface area (Å²) in [6.45, 7) is 8.36. The number of hydrogen-bond donors (Lipinski definition) is 1. The number of ketones is 1. The van der Waals surface area contributed by atoms with Crippen molar-refractivity contribution in [2.75, 3.05) is 0 Å². The van der Waals surface area contributed by atoms with Crippen LogP contribution in [0.1, 0.15) is 65.2 Å². The van der Waals surface area contributed by atoms with E-state index >= 15 is 0 Å². The fraction of sp³-hybridized carbons (Fsp3) is 0.800. The van der Waals surface area contributed by atoms with Gasteiger partial charge in [-0.15, -0.1) is 0 Å². The molecule has 0 aromatic rings. The van der Waals surface area contributed by atoms with Crippen LogP contribution in [0.4, 0.5) is 0 Å². The SMILES string of the molecule is C=C1C(=O)C23CC[C@H]4C(C)(CCC[C@]4(C)C(=O)O)C2CCC1C3. The molecule has 126 valence electrons. The largest absolute Gasteiger partial charge is 0.481 e. The number of carbonyl (C=O) groups excluding carboxylic acids is 1. The van der Waals surface area contributed by atoms with Gasteiger partial charge in [-0.3, -0.25) is 9.59 Å². The van der Waals surface area contributed by atoms with Crippen LogP contribution in [-0.2, 0) is 9.59 Å². The Kier molecular flexibility index (Phi) is 3.01. The van der Waals surface area contributed by atoms with Crippen LogP contribution >= 0.6 is 0 Å². The first kappa shape index (κ1) is 15.4. The molecule has 6 atom stereocenters. The Balaban J connectivity index is 1.79. The van der Waals surface area contributed by atoms with Crippen LogP contribution in [0.2, 0.25) is 0 Å².